The Labute approximate surface area is 242 Å². The maximum absolute atomic E-state index is 15.3. The van der Waals surface area contributed by atoms with E-state index < -0.39 is 17.5 Å². The van der Waals surface area contributed by atoms with E-state index in [-0.39, 0.29) is 34.7 Å². The molecule has 4 aromatic rings. The smallest absolute Gasteiger partial charge is 0.411 e. The first-order chi connectivity index (χ1) is 19.7. The second-order valence-corrected chi connectivity index (χ2v) is 10.3. The van der Waals surface area contributed by atoms with Gasteiger partial charge in [0.05, 0.1) is 39.7 Å². The normalized spacial score (nSPS) is 17.7. The van der Waals surface area contributed by atoms with E-state index in [9.17, 15) is 15.1 Å². The lowest BCUT2D eigenvalue weighted by molar-refractivity contribution is -0.619. The summed E-state index contributed by atoms with van der Waals surface area (Å²) < 4.78 is 21.8. The monoisotopic (exact) mass is 595 g/mol. The number of carbonyl (C=O) groups excluding carboxylic acids is 1. The van der Waals surface area contributed by atoms with Gasteiger partial charge in [-0.15, -0.1) is 5.10 Å². The molecule has 0 saturated heterocycles. The highest BCUT2D eigenvalue weighted by Gasteiger charge is 2.49. The molecule has 0 saturated carbocycles. The number of hydrogen-bond donors (Lipinski definition) is 2. The fourth-order valence-electron chi connectivity index (χ4n) is 5.26. The molecule has 2 aromatic carbocycles. The molecule has 6 rings (SSSR count). The van der Waals surface area contributed by atoms with Gasteiger partial charge in [-0.2, -0.15) is 9.41 Å². The molecule has 1 atom stereocenters. The third-order valence-electron chi connectivity index (χ3n) is 7.17. The van der Waals surface area contributed by atoms with Crippen molar-refractivity contribution in [1.82, 2.24) is 20.2 Å². The van der Waals surface area contributed by atoms with Crippen LogP contribution >= 0.6 is 23.2 Å². The Morgan fingerprint density at radius 3 is 2.80 bits per heavy atom. The lowest BCUT2D eigenvalue weighted by Gasteiger charge is -2.23. The van der Waals surface area contributed by atoms with Crippen LogP contribution < -0.4 is 10.0 Å². The van der Waals surface area contributed by atoms with Crippen molar-refractivity contribution < 1.29 is 23.8 Å². The third kappa shape index (κ3) is 4.59. The number of rotatable bonds is 5. The molecule has 0 bridgehead atoms. The molecule has 2 aliphatic rings. The number of hydrogen-bond acceptors (Lipinski definition) is 8. The van der Waals surface area contributed by atoms with Gasteiger partial charge in [0.15, 0.2) is 17.6 Å². The summed E-state index contributed by atoms with van der Waals surface area (Å²) in [5, 5.41) is 39.1. The Morgan fingerprint density at radius 1 is 1.24 bits per heavy atom. The number of amides is 1. The quantitative estimate of drug-likeness (QED) is 0.253. The molecule has 14 heteroatoms. The van der Waals surface area contributed by atoms with Gasteiger partial charge in [0, 0.05) is 23.9 Å². The van der Waals surface area contributed by atoms with Crippen LogP contribution in [0.4, 0.5) is 14.9 Å². The Kier molecular flexibility index (Phi) is 6.68. The van der Waals surface area contributed by atoms with Gasteiger partial charge in [-0.3, -0.25) is 10.3 Å². The predicted octanol–water partition coefficient (Wildman–Crippen LogP) is 4.61. The Hall–Kier alpha value is -4.39. The van der Waals surface area contributed by atoms with Crippen molar-refractivity contribution in [3.05, 3.63) is 93.0 Å². The summed E-state index contributed by atoms with van der Waals surface area (Å²) in [6.07, 6.45) is 4.29. The summed E-state index contributed by atoms with van der Waals surface area (Å²) in [5.41, 5.74) is 1.89. The third-order valence-corrected chi connectivity index (χ3v) is 7.78. The zero-order chi connectivity index (χ0) is 28.9. The number of pyridine rings is 1. The minimum atomic E-state index is -1.64. The Morgan fingerprint density at radius 2 is 2.07 bits per heavy atom. The molecule has 1 aliphatic heterocycles. The zero-order valence-electron chi connectivity index (χ0n) is 21.3. The molecular formula is C27H20Cl2FN7O4. The number of nitrogens with zero attached hydrogens (tertiary/aromatic N) is 6. The standard InChI is InChI=1S/C27H20Cl2FN7O4/c1-41-26(38)33-17-2-3-18(20(29)10-17)15-9-22(31-11-15)27(39)7-6-14-8-16(12-37(40)25(14)27)23-21(36-13-32-34-35-36)5-4-19(28)24(23)30/h2-5,8,10-13,39H,6-7,9H2,1H3,(H,33,38). The number of aliphatic hydroxyl groups is 1. The molecule has 0 fully saturated rings. The van der Waals surface area contributed by atoms with Gasteiger partial charge in [-0.25, -0.2) is 9.18 Å². The van der Waals surface area contributed by atoms with Gasteiger partial charge in [0.25, 0.3) is 0 Å². The average molecular weight is 596 g/mol. The molecule has 0 radical (unpaired) electrons. The highest BCUT2D eigenvalue weighted by atomic mass is 35.5. The van der Waals surface area contributed by atoms with Gasteiger partial charge in [0.1, 0.15) is 6.33 Å². The lowest BCUT2D eigenvalue weighted by Crippen LogP contribution is -2.45. The van der Waals surface area contributed by atoms with Crippen molar-refractivity contribution in [2.75, 3.05) is 12.4 Å². The Bertz CT molecular complexity index is 1780. The van der Waals surface area contributed by atoms with Crippen LogP contribution in [0.15, 0.2) is 60.1 Å². The van der Waals surface area contributed by atoms with Crippen LogP contribution in [0.25, 0.3) is 22.4 Å². The first kappa shape index (κ1) is 26.8. The number of fused-ring (bicyclic) bond motifs is 1. The number of tetrazole rings is 1. The fourth-order valence-corrected chi connectivity index (χ4v) is 5.72. The van der Waals surface area contributed by atoms with Crippen molar-refractivity contribution in [2.24, 2.45) is 4.99 Å². The molecule has 2 aromatic heterocycles. The summed E-state index contributed by atoms with van der Waals surface area (Å²) in [5.74, 6) is -0.730. The number of methoxy groups -OCH3 is 1. The van der Waals surface area contributed by atoms with Crippen LogP contribution in [0.1, 0.15) is 29.7 Å². The van der Waals surface area contributed by atoms with Crippen LogP contribution in [0.3, 0.4) is 0 Å². The fraction of sp³-hybridized carbons (Fsp3) is 0.185. The van der Waals surface area contributed by atoms with Gasteiger partial charge in [-0.05, 0) is 64.7 Å². The molecule has 2 N–H and O–H groups in total. The minimum absolute atomic E-state index is 0.0505. The topological polar surface area (TPSA) is 141 Å². The van der Waals surface area contributed by atoms with E-state index >= 15 is 4.39 Å². The summed E-state index contributed by atoms with van der Waals surface area (Å²) in [4.78, 5) is 16.0. The van der Waals surface area contributed by atoms with Gasteiger partial charge in [0.2, 0.25) is 5.69 Å². The summed E-state index contributed by atoms with van der Waals surface area (Å²) in [6.45, 7) is 0. The van der Waals surface area contributed by atoms with Gasteiger partial charge in [-0.1, -0.05) is 29.3 Å². The van der Waals surface area contributed by atoms with Crippen LogP contribution in [0.5, 0.6) is 0 Å². The predicted molar refractivity (Wildman–Crippen MR) is 148 cm³/mol. The second kappa shape index (κ2) is 10.2. The first-order valence-electron chi connectivity index (χ1n) is 12.3. The first-order valence-corrected chi connectivity index (χ1v) is 13.1. The zero-order valence-corrected chi connectivity index (χ0v) is 22.8. The number of halogens is 3. The summed E-state index contributed by atoms with van der Waals surface area (Å²) >= 11 is 12.6. The summed E-state index contributed by atoms with van der Waals surface area (Å²) in [6, 6.07) is 9.58. The SMILES string of the molecule is COC(=O)Nc1ccc(C2=CN=C(C3(O)CCc4cc(-c5c(-n6cnnn6)ccc(Cl)c5F)c[n+]([O-])c43)C2)c(Cl)c1. The number of aromatic nitrogens is 5. The van der Waals surface area contributed by atoms with E-state index in [1.54, 1.807) is 36.5 Å². The number of nitrogens with one attached hydrogen (secondary N) is 1. The molecule has 208 valence electrons. The molecule has 1 aliphatic carbocycles. The molecule has 1 amide bonds. The van der Waals surface area contributed by atoms with E-state index in [1.165, 1.54) is 30.4 Å². The van der Waals surface area contributed by atoms with Crippen LogP contribution in [0.2, 0.25) is 10.0 Å². The van der Waals surface area contributed by atoms with Crippen LogP contribution in [-0.2, 0) is 16.8 Å². The molecular weight excluding hydrogens is 576 g/mol. The van der Waals surface area contributed by atoms with E-state index in [2.05, 4.69) is 30.6 Å². The average Bonchev–Trinajstić information content (AvgIpc) is 3.72. The van der Waals surface area contributed by atoms with E-state index in [4.69, 9.17) is 23.2 Å². The maximum atomic E-state index is 15.3. The van der Waals surface area contributed by atoms with Gasteiger partial charge >= 0.3 is 6.09 Å². The van der Waals surface area contributed by atoms with Crippen LogP contribution in [-0.4, -0.2) is 44.2 Å². The van der Waals surface area contributed by atoms with Crippen molar-refractivity contribution in [3.8, 4) is 16.8 Å². The highest BCUT2D eigenvalue weighted by Crippen LogP contribution is 2.43. The summed E-state index contributed by atoms with van der Waals surface area (Å²) in [7, 11) is 1.26. The largest absolute Gasteiger partial charge is 0.618 e. The molecule has 3 heterocycles. The Balaban J connectivity index is 1.31. The second-order valence-electron chi connectivity index (χ2n) is 9.52. The minimum Gasteiger partial charge on any atom is -0.618 e. The lowest BCUT2D eigenvalue weighted by atomic mass is 9.89. The van der Waals surface area contributed by atoms with E-state index in [0.717, 1.165) is 5.57 Å². The molecule has 11 nitrogen and oxygen atoms in total. The molecule has 0 spiro atoms. The van der Waals surface area contributed by atoms with Crippen molar-refractivity contribution in [3.63, 3.8) is 0 Å². The number of ether oxygens (including phenoxy) is 1. The van der Waals surface area contributed by atoms with Crippen molar-refractivity contribution >= 4 is 46.3 Å². The van der Waals surface area contributed by atoms with Crippen molar-refractivity contribution in [1.29, 1.82) is 0 Å². The molecule has 1 unspecified atom stereocenters. The molecule has 41 heavy (non-hydrogen) atoms. The van der Waals surface area contributed by atoms with Crippen molar-refractivity contribution in [2.45, 2.75) is 24.9 Å². The highest BCUT2D eigenvalue weighted by molar-refractivity contribution is 6.33. The number of anilines is 1. The maximum Gasteiger partial charge on any atom is 0.411 e. The van der Waals surface area contributed by atoms with E-state index in [0.29, 0.717) is 44.4 Å². The number of allylic oxidation sites excluding steroid dienone is 1. The van der Waals surface area contributed by atoms with E-state index in [1.807, 2.05) is 0 Å². The number of carbonyl (C=O) groups is 1. The number of aliphatic imine (C=N–C) groups is 1. The van der Waals surface area contributed by atoms with Crippen LogP contribution in [0, 0.1) is 11.0 Å². The number of aryl methyl sites for hydroxylation is 1. The van der Waals surface area contributed by atoms with Gasteiger partial charge < -0.3 is 15.1 Å². The number of benzene rings is 2.